The van der Waals surface area contributed by atoms with Crippen molar-refractivity contribution in [2.24, 2.45) is 11.8 Å². The van der Waals surface area contributed by atoms with Gasteiger partial charge in [0.2, 0.25) is 11.8 Å². The number of anilines is 1. The normalized spacial score (nSPS) is 32.3. The van der Waals surface area contributed by atoms with Crippen LogP contribution in [0.3, 0.4) is 0 Å². The molecule has 1 aromatic carbocycles. The Bertz CT molecular complexity index is 1150. The summed E-state index contributed by atoms with van der Waals surface area (Å²) in [6.07, 6.45) is 9.27. The molecule has 38 heavy (non-hydrogen) atoms. The van der Waals surface area contributed by atoms with E-state index in [0.29, 0.717) is 43.9 Å². The highest BCUT2D eigenvalue weighted by Crippen LogP contribution is 2.58. The number of nitrogens with zero attached hydrogens (tertiary/aromatic N) is 3. The van der Waals surface area contributed by atoms with Gasteiger partial charge < -0.3 is 29.3 Å². The Balaban J connectivity index is 1.62. The van der Waals surface area contributed by atoms with Crippen LogP contribution in [0.25, 0.3) is 0 Å². The lowest BCUT2D eigenvalue weighted by molar-refractivity contribution is -0.150. The molecule has 5 rings (SSSR count). The number of benzene rings is 1. The molecule has 3 amide bonds. The van der Waals surface area contributed by atoms with Gasteiger partial charge in [0.25, 0.3) is 5.91 Å². The van der Waals surface area contributed by atoms with Gasteiger partial charge in [0.1, 0.15) is 17.4 Å². The molecule has 2 fully saturated rings. The summed E-state index contributed by atoms with van der Waals surface area (Å²) in [4.78, 5) is 47.6. The summed E-state index contributed by atoms with van der Waals surface area (Å²) < 4.78 is 12.2. The number of amides is 3. The second-order valence-electron chi connectivity index (χ2n) is 10.5. The van der Waals surface area contributed by atoms with Crippen LogP contribution in [0.4, 0.5) is 5.69 Å². The number of rotatable bonds is 8. The fourth-order valence-electron chi connectivity index (χ4n) is 6.76. The minimum absolute atomic E-state index is 0.103. The van der Waals surface area contributed by atoms with Gasteiger partial charge in [-0.05, 0) is 43.5 Å². The number of likely N-dealkylation sites (tertiary alicyclic amines) is 1. The fraction of sp³-hybridized carbons (Fsp3) is 0.552. The van der Waals surface area contributed by atoms with Crippen LogP contribution in [0.15, 0.2) is 48.6 Å². The van der Waals surface area contributed by atoms with Crippen molar-refractivity contribution < 1.29 is 29.0 Å². The van der Waals surface area contributed by atoms with E-state index >= 15 is 0 Å². The topological polar surface area (TPSA) is 99.6 Å². The van der Waals surface area contributed by atoms with Crippen LogP contribution in [-0.2, 0) is 19.1 Å². The zero-order valence-corrected chi connectivity index (χ0v) is 22.3. The van der Waals surface area contributed by atoms with Gasteiger partial charge in [-0.15, -0.1) is 0 Å². The number of aliphatic hydroxyl groups is 1. The summed E-state index contributed by atoms with van der Waals surface area (Å²) >= 11 is 0. The van der Waals surface area contributed by atoms with Gasteiger partial charge in [0.05, 0.1) is 24.5 Å². The Morgan fingerprint density at radius 2 is 1.71 bits per heavy atom. The summed E-state index contributed by atoms with van der Waals surface area (Å²) in [7, 11) is 1.59. The molecule has 4 aliphatic rings. The Hall–Kier alpha value is -3.17. The van der Waals surface area contributed by atoms with Crippen LogP contribution in [0.1, 0.15) is 33.1 Å². The second-order valence-corrected chi connectivity index (χ2v) is 10.5. The molecule has 0 bridgehead atoms. The van der Waals surface area contributed by atoms with Crippen molar-refractivity contribution in [1.29, 1.82) is 0 Å². The molecule has 9 heteroatoms. The molecule has 0 aliphatic carbocycles. The van der Waals surface area contributed by atoms with E-state index in [4.69, 9.17) is 9.47 Å². The van der Waals surface area contributed by atoms with E-state index in [1.54, 1.807) is 33.9 Å². The van der Waals surface area contributed by atoms with E-state index in [0.717, 1.165) is 6.42 Å². The van der Waals surface area contributed by atoms with Crippen molar-refractivity contribution >= 4 is 23.4 Å². The van der Waals surface area contributed by atoms with E-state index in [1.165, 1.54) is 0 Å². The Morgan fingerprint density at radius 1 is 0.974 bits per heavy atom. The zero-order valence-electron chi connectivity index (χ0n) is 22.3. The van der Waals surface area contributed by atoms with Crippen molar-refractivity contribution in [3.05, 3.63) is 48.6 Å². The quantitative estimate of drug-likeness (QED) is 0.525. The average molecular weight is 524 g/mol. The number of carbonyl (C=O) groups excluding carboxylic acids is 3. The third-order valence-electron chi connectivity index (χ3n) is 8.46. The summed E-state index contributed by atoms with van der Waals surface area (Å²) in [6.45, 7) is 5.44. The molecule has 0 aromatic heterocycles. The number of methoxy groups -OCH3 is 1. The lowest BCUT2D eigenvalue weighted by atomic mass is 9.73. The summed E-state index contributed by atoms with van der Waals surface area (Å²) in [5.41, 5.74) is -1.60. The molecule has 0 saturated carbocycles. The number of aliphatic hydroxyl groups excluding tert-OH is 1. The third-order valence-corrected chi connectivity index (χ3v) is 8.46. The van der Waals surface area contributed by atoms with Crippen LogP contribution < -0.4 is 9.64 Å². The average Bonchev–Trinajstić information content (AvgIpc) is 3.22. The highest BCUT2D eigenvalue weighted by atomic mass is 16.5. The predicted molar refractivity (Wildman–Crippen MR) is 142 cm³/mol. The first-order valence-electron chi connectivity index (χ1n) is 13.6. The molecule has 2 saturated heterocycles. The summed E-state index contributed by atoms with van der Waals surface area (Å²) in [5.74, 6) is -1.53. The van der Waals surface area contributed by atoms with Crippen molar-refractivity contribution in [2.45, 2.75) is 50.4 Å². The van der Waals surface area contributed by atoms with Gasteiger partial charge in [-0.2, -0.15) is 0 Å². The predicted octanol–water partition coefficient (Wildman–Crippen LogP) is 2.15. The van der Waals surface area contributed by atoms with Gasteiger partial charge in [0, 0.05) is 38.5 Å². The number of hydrogen-bond acceptors (Lipinski definition) is 6. The van der Waals surface area contributed by atoms with Crippen molar-refractivity contribution in [2.75, 3.05) is 44.8 Å². The van der Waals surface area contributed by atoms with E-state index in [2.05, 4.69) is 0 Å². The van der Waals surface area contributed by atoms with E-state index in [-0.39, 0.29) is 30.9 Å². The standard InChI is InChI=1S/C29H37N3O6/c1-4-15-30-16-6-13-28(5-2)22(25(30)34)23-26(35)32(18-8-19-33)24-27(36)31(17-7-14-29(23,24)38-28)20-9-11-21(37-3)12-10-20/h6-7,9-14,22-24,33H,4-5,8,15-19H2,1-3H3/t22-,23-,24?,28+,29-/m0/s1. The monoisotopic (exact) mass is 523 g/mol. The number of carbonyl (C=O) groups is 3. The molecule has 1 unspecified atom stereocenters. The first kappa shape index (κ1) is 26.4. The van der Waals surface area contributed by atoms with Gasteiger partial charge in [-0.25, -0.2) is 0 Å². The minimum atomic E-state index is -1.29. The maximum atomic E-state index is 14.4. The van der Waals surface area contributed by atoms with Gasteiger partial charge in [-0.3, -0.25) is 14.4 Å². The smallest absolute Gasteiger partial charge is 0.253 e. The van der Waals surface area contributed by atoms with Crippen LogP contribution in [0, 0.1) is 11.8 Å². The molecule has 1 N–H and O–H groups in total. The van der Waals surface area contributed by atoms with Crippen LogP contribution in [-0.4, -0.2) is 89.8 Å². The van der Waals surface area contributed by atoms with Crippen molar-refractivity contribution in [3.8, 4) is 5.75 Å². The van der Waals surface area contributed by atoms with Crippen molar-refractivity contribution in [1.82, 2.24) is 9.80 Å². The molecule has 204 valence electrons. The van der Waals surface area contributed by atoms with Gasteiger partial charge in [-0.1, -0.05) is 38.2 Å². The van der Waals surface area contributed by atoms with Gasteiger partial charge >= 0.3 is 0 Å². The molecule has 4 aliphatic heterocycles. The van der Waals surface area contributed by atoms with E-state index in [1.807, 2.05) is 50.3 Å². The zero-order chi connectivity index (χ0) is 27.1. The maximum absolute atomic E-state index is 14.4. The SMILES string of the molecule is CCCN1CC=C[C@@]2(CC)O[C@]34C=CCN(c5ccc(OC)cc5)C(=O)C3N(CCCO)C(=O)[C@@H]4[C@H]2C1=O. The lowest BCUT2D eigenvalue weighted by Gasteiger charge is -2.38. The molecule has 1 aromatic rings. The number of ether oxygens (including phenoxy) is 2. The van der Waals surface area contributed by atoms with Gasteiger partial charge in [0.15, 0.2) is 0 Å². The molecular weight excluding hydrogens is 486 g/mol. The Morgan fingerprint density at radius 3 is 2.37 bits per heavy atom. The number of hydrogen-bond donors (Lipinski definition) is 1. The molecule has 4 heterocycles. The first-order chi connectivity index (χ1) is 18.4. The highest BCUT2D eigenvalue weighted by Gasteiger charge is 2.75. The van der Waals surface area contributed by atoms with E-state index in [9.17, 15) is 19.5 Å². The Kier molecular flexibility index (Phi) is 7.09. The number of fused-ring (bicyclic) bond motifs is 2. The van der Waals surface area contributed by atoms with E-state index < -0.39 is 29.1 Å². The van der Waals surface area contributed by atoms with Crippen LogP contribution in [0.5, 0.6) is 5.75 Å². The molecular formula is C29H37N3O6. The van der Waals surface area contributed by atoms with Crippen LogP contribution >= 0.6 is 0 Å². The highest BCUT2D eigenvalue weighted by molar-refractivity contribution is 6.06. The Labute approximate surface area is 223 Å². The lowest BCUT2D eigenvalue weighted by Crippen LogP contribution is -2.56. The largest absolute Gasteiger partial charge is 0.497 e. The first-order valence-corrected chi connectivity index (χ1v) is 13.6. The third kappa shape index (κ3) is 3.86. The molecule has 1 spiro atoms. The van der Waals surface area contributed by atoms with Crippen LogP contribution in [0.2, 0.25) is 0 Å². The summed E-state index contributed by atoms with van der Waals surface area (Å²) in [6, 6.07) is 6.26. The van der Waals surface area contributed by atoms with Crippen molar-refractivity contribution in [3.63, 3.8) is 0 Å². The molecule has 5 atom stereocenters. The fourth-order valence-corrected chi connectivity index (χ4v) is 6.76. The minimum Gasteiger partial charge on any atom is -0.497 e. The maximum Gasteiger partial charge on any atom is 0.253 e. The molecule has 0 radical (unpaired) electrons. The summed E-state index contributed by atoms with van der Waals surface area (Å²) in [5, 5.41) is 9.59. The second kappa shape index (κ2) is 10.2. The molecule has 9 nitrogen and oxygen atoms in total.